The Kier molecular flexibility index (Phi) is 2.49. The first-order chi connectivity index (χ1) is 9.07. The van der Waals surface area contributed by atoms with E-state index in [1.165, 1.54) is 22.3 Å². The molecule has 0 bridgehead atoms. The average molecular weight is 250 g/mol. The molecule has 2 heteroatoms. The maximum Gasteiger partial charge on any atom is 0.125 e. The molecule has 0 unspecified atom stereocenters. The lowest BCUT2D eigenvalue weighted by molar-refractivity contribution is 0.660. The van der Waals surface area contributed by atoms with Crippen molar-refractivity contribution in [2.45, 2.75) is 19.3 Å². The fourth-order valence-corrected chi connectivity index (χ4v) is 3.09. The van der Waals surface area contributed by atoms with Gasteiger partial charge < -0.3 is 5.73 Å². The standard InChI is InChI=1S/C17H18N2/c1-17(2)13-9-5-4-7-11(13)15-12(16(18)19-3)8-6-10-14(15)17/h4-10H,1-3H3,(H2,18,19). The summed E-state index contributed by atoms with van der Waals surface area (Å²) >= 11 is 0. The van der Waals surface area contributed by atoms with Gasteiger partial charge in [0.15, 0.2) is 0 Å². The Morgan fingerprint density at radius 3 is 2.42 bits per heavy atom. The first-order valence-corrected chi connectivity index (χ1v) is 6.53. The van der Waals surface area contributed by atoms with Crippen molar-refractivity contribution in [2.75, 3.05) is 7.05 Å². The Bertz CT molecular complexity index is 681. The summed E-state index contributed by atoms with van der Waals surface area (Å²) in [7, 11) is 1.74. The highest BCUT2D eigenvalue weighted by Crippen LogP contribution is 2.49. The maximum absolute atomic E-state index is 6.06. The monoisotopic (exact) mass is 250 g/mol. The molecule has 2 aromatic carbocycles. The summed E-state index contributed by atoms with van der Waals surface area (Å²) in [5, 5.41) is 0. The van der Waals surface area contributed by atoms with Crippen LogP contribution in [-0.4, -0.2) is 12.9 Å². The molecular formula is C17H18N2. The SMILES string of the molecule is CN=C(N)c1cccc2c1-c1ccccc1C2(C)C. The number of nitrogens with zero attached hydrogens (tertiary/aromatic N) is 1. The third-order valence-corrected chi connectivity index (χ3v) is 4.12. The van der Waals surface area contributed by atoms with Crippen LogP contribution in [0.1, 0.15) is 30.5 Å². The summed E-state index contributed by atoms with van der Waals surface area (Å²) in [6.45, 7) is 4.53. The zero-order valence-corrected chi connectivity index (χ0v) is 11.6. The molecule has 0 atom stereocenters. The number of aliphatic imine (C=N–C) groups is 1. The third kappa shape index (κ3) is 1.53. The minimum atomic E-state index is 0.0238. The highest BCUT2D eigenvalue weighted by atomic mass is 14.8. The summed E-state index contributed by atoms with van der Waals surface area (Å²) in [6.07, 6.45) is 0. The number of benzene rings is 2. The van der Waals surface area contributed by atoms with E-state index in [4.69, 9.17) is 5.73 Å². The molecule has 3 rings (SSSR count). The fraction of sp³-hybridized carbons (Fsp3) is 0.235. The fourth-order valence-electron chi connectivity index (χ4n) is 3.09. The van der Waals surface area contributed by atoms with E-state index in [9.17, 15) is 0 Å². The van der Waals surface area contributed by atoms with Crippen LogP contribution < -0.4 is 5.73 Å². The molecule has 1 aliphatic carbocycles. The molecule has 2 aromatic rings. The molecule has 19 heavy (non-hydrogen) atoms. The Labute approximate surface area is 114 Å². The molecule has 96 valence electrons. The number of nitrogens with two attached hydrogens (primary N) is 1. The molecule has 0 aliphatic heterocycles. The average Bonchev–Trinajstić information content (AvgIpc) is 2.68. The lowest BCUT2D eigenvalue weighted by atomic mass is 9.82. The van der Waals surface area contributed by atoms with Crippen LogP contribution in [0.4, 0.5) is 0 Å². The smallest absolute Gasteiger partial charge is 0.125 e. The molecule has 1 aliphatic rings. The first kappa shape index (κ1) is 12.0. The third-order valence-electron chi connectivity index (χ3n) is 4.12. The van der Waals surface area contributed by atoms with Crippen LogP contribution in [-0.2, 0) is 5.41 Å². The molecule has 2 nitrogen and oxygen atoms in total. The van der Waals surface area contributed by atoms with E-state index in [2.05, 4.69) is 61.3 Å². The van der Waals surface area contributed by atoms with Crippen molar-refractivity contribution in [3.05, 3.63) is 59.2 Å². The molecule has 0 radical (unpaired) electrons. The van der Waals surface area contributed by atoms with Crippen LogP contribution in [0, 0.1) is 0 Å². The summed E-state index contributed by atoms with van der Waals surface area (Å²) < 4.78 is 0. The van der Waals surface area contributed by atoms with Gasteiger partial charge in [-0.15, -0.1) is 0 Å². The summed E-state index contributed by atoms with van der Waals surface area (Å²) in [4.78, 5) is 4.15. The first-order valence-electron chi connectivity index (χ1n) is 6.53. The van der Waals surface area contributed by atoms with Crippen molar-refractivity contribution in [2.24, 2.45) is 10.7 Å². The Balaban J connectivity index is 2.41. The van der Waals surface area contributed by atoms with Crippen molar-refractivity contribution < 1.29 is 0 Å². The molecule has 0 saturated heterocycles. The Hall–Kier alpha value is -2.09. The molecule has 0 spiro atoms. The van der Waals surface area contributed by atoms with Crippen molar-refractivity contribution in [1.82, 2.24) is 0 Å². The van der Waals surface area contributed by atoms with Crippen LogP contribution in [0.15, 0.2) is 47.5 Å². The molecule has 2 N–H and O–H groups in total. The molecule has 0 fully saturated rings. The van der Waals surface area contributed by atoms with Crippen molar-refractivity contribution in [1.29, 1.82) is 0 Å². The van der Waals surface area contributed by atoms with E-state index in [0.717, 1.165) is 5.56 Å². The largest absolute Gasteiger partial charge is 0.383 e. The predicted molar refractivity (Wildman–Crippen MR) is 80.7 cm³/mol. The number of rotatable bonds is 1. The summed E-state index contributed by atoms with van der Waals surface area (Å²) in [5.74, 6) is 0.601. The van der Waals surface area contributed by atoms with E-state index >= 15 is 0 Å². The molecule has 0 heterocycles. The van der Waals surface area contributed by atoms with Gasteiger partial charge in [-0.3, -0.25) is 4.99 Å². The second-order valence-corrected chi connectivity index (χ2v) is 5.51. The molecule has 0 amide bonds. The highest BCUT2D eigenvalue weighted by molar-refractivity contribution is 6.05. The van der Waals surface area contributed by atoms with Crippen LogP contribution in [0.5, 0.6) is 0 Å². The molecular weight excluding hydrogens is 232 g/mol. The van der Waals surface area contributed by atoms with Gasteiger partial charge in [0.1, 0.15) is 5.84 Å². The summed E-state index contributed by atoms with van der Waals surface area (Å²) in [5.41, 5.74) is 12.3. The number of fused-ring (bicyclic) bond motifs is 3. The van der Waals surface area contributed by atoms with Gasteiger partial charge in [0.2, 0.25) is 0 Å². The zero-order chi connectivity index (χ0) is 13.6. The normalized spacial score (nSPS) is 16.1. The number of hydrogen-bond acceptors (Lipinski definition) is 1. The molecule has 0 saturated carbocycles. The van der Waals surface area contributed by atoms with Crippen molar-refractivity contribution in [3.63, 3.8) is 0 Å². The lowest BCUT2D eigenvalue weighted by Crippen LogP contribution is -2.17. The zero-order valence-electron chi connectivity index (χ0n) is 11.6. The highest BCUT2D eigenvalue weighted by Gasteiger charge is 2.36. The van der Waals surface area contributed by atoms with Gasteiger partial charge in [0, 0.05) is 18.0 Å². The minimum absolute atomic E-state index is 0.0238. The quantitative estimate of drug-likeness (QED) is 0.612. The van der Waals surface area contributed by atoms with Gasteiger partial charge in [-0.2, -0.15) is 0 Å². The maximum atomic E-state index is 6.06. The Morgan fingerprint density at radius 2 is 1.68 bits per heavy atom. The van der Waals surface area contributed by atoms with Gasteiger partial charge in [-0.05, 0) is 22.3 Å². The second-order valence-electron chi connectivity index (χ2n) is 5.51. The van der Waals surface area contributed by atoms with Gasteiger partial charge in [-0.1, -0.05) is 56.3 Å². The van der Waals surface area contributed by atoms with Crippen LogP contribution in [0.3, 0.4) is 0 Å². The number of amidine groups is 1. The number of hydrogen-bond donors (Lipinski definition) is 1. The Morgan fingerprint density at radius 1 is 1.00 bits per heavy atom. The van der Waals surface area contributed by atoms with Gasteiger partial charge in [0.25, 0.3) is 0 Å². The van der Waals surface area contributed by atoms with E-state index in [-0.39, 0.29) is 5.41 Å². The van der Waals surface area contributed by atoms with E-state index < -0.39 is 0 Å². The van der Waals surface area contributed by atoms with Crippen molar-refractivity contribution >= 4 is 5.84 Å². The topological polar surface area (TPSA) is 38.4 Å². The van der Waals surface area contributed by atoms with E-state index in [1.807, 2.05) is 0 Å². The lowest BCUT2D eigenvalue weighted by Gasteiger charge is -2.21. The minimum Gasteiger partial charge on any atom is -0.383 e. The van der Waals surface area contributed by atoms with Crippen molar-refractivity contribution in [3.8, 4) is 11.1 Å². The van der Waals surface area contributed by atoms with Gasteiger partial charge in [0.05, 0.1) is 0 Å². The van der Waals surface area contributed by atoms with Crippen LogP contribution >= 0.6 is 0 Å². The second kappa shape index (κ2) is 3.95. The predicted octanol–water partition coefficient (Wildman–Crippen LogP) is 3.33. The van der Waals surface area contributed by atoms with Crippen LogP contribution in [0.2, 0.25) is 0 Å². The van der Waals surface area contributed by atoms with E-state index in [1.54, 1.807) is 7.05 Å². The summed E-state index contributed by atoms with van der Waals surface area (Å²) in [6, 6.07) is 14.9. The van der Waals surface area contributed by atoms with Crippen LogP contribution in [0.25, 0.3) is 11.1 Å². The van der Waals surface area contributed by atoms with Gasteiger partial charge >= 0.3 is 0 Å². The van der Waals surface area contributed by atoms with Gasteiger partial charge in [-0.25, -0.2) is 0 Å². The van der Waals surface area contributed by atoms with E-state index in [0.29, 0.717) is 5.84 Å². The molecule has 0 aromatic heterocycles.